The van der Waals surface area contributed by atoms with Crippen LogP contribution in [0.1, 0.15) is 12.5 Å². The maximum Gasteiger partial charge on any atom is 0.261 e. The molecule has 23 heavy (non-hydrogen) atoms. The molecule has 0 aromatic heterocycles. The van der Waals surface area contributed by atoms with Gasteiger partial charge in [-0.15, -0.1) is 0 Å². The molecular weight excluding hydrogens is 336 g/mol. The predicted octanol–water partition coefficient (Wildman–Crippen LogP) is 3.05. The molecule has 0 saturated carbocycles. The molecule has 1 aliphatic rings. The molecule has 0 radical (unpaired) electrons. The van der Waals surface area contributed by atoms with Gasteiger partial charge in [0.2, 0.25) is 5.91 Å². The first-order valence-corrected chi connectivity index (χ1v) is 8.92. The van der Waals surface area contributed by atoms with Crippen LogP contribution in [-0.2, 0) is 21.2 Å². The van der Waals surface area contributed by atoms with Crippen molar-refractivity contribution in [3.63, 3.8) is 0 Å². The standard InChI is InChI=1S/C16H15ClN2O3S/c1-11(20)19-8-7-12-9-15(5-6-16(12)19)23(21,22)18-14-4-2-3-13(17)10-14/h2-6,9-10,18H,7-8H2,1H3. The van der Waals surface area contributed by atoms with Crippen LogP contribution in [0.3, 0.4) is 0 Å². The van der Waals surface area contributed by atoms with Gasteiger partial charge in [0, 0.05) is 24.2 Å². The zero-order chi connectivity index (χ0) is 16.6. The lowest BCUT2D eigenvalue weighted by atomic mass is 10.2. The maximum atomic E-state index is 12.5. The number of fused-ring (bicyclic) bond motifs is 1. The molecule has 0 bridgehead atoms. The highest BCUT2D eigenvalue weighted by molar-refractivity contribution is 7.92. The summed E-state index contributed by atoms with van der Waals surface area (Å²) in [6.07, 6.45) is 0.648. The SMILES string of the molecule is CC(=O)N1CCc2cc(S(=O)(=O)Nc3cccc(Cl)c3)ccc21. The molecule has 0 saturated heterocycles. The number of sulfonamides is 1. The van der Waals surface area contributed by atoms with Gasteiger partial charge in [-0.1, -0.05) is 17.7 Å². The number of hydrogen-bond donors (Lipinski definition) is 1. The quantitative estimate of drug-likeness (QED) is 0.925. The number of amides is 1. The van der Waals surface area contributed by atoms with E-state index in [1.165, 1.54) is 13.0 Å². The van der Waals surface area contributed by atoms with Crippen molar-refractivity contribution in [2.75, 3.05) is 16.2 Å². The van der Waals surface area contributed by atoms with Crippen molar-refractivity contribution in [3.8, 4) is 0 Å². The van der Waals surface area contributed by atoms with E-state index in [4.69, 9.17) is 11.6 Å². The van der Waals surface area contributed by atoms with Gasteiger partial charge in [-0.2, -0.15) is 0 Å². The third-order valence-corrected chi connectivity index (χ3v) is 5.33. The second-order valence-electron chi connectivity index (χ2n) is 5.33. The first-order valence-electron chi connectivity index (χ1n) is 7.06. The van der Waals surface area contributed by atoms with Gasteiger partial charge in [-0.25, -0.2) is 8.42 Å². The number of rotatable bonds is 3. The molecule has 3 rings (SSSR count). The van der Waals surface area contributed by atoms with Gasteiger partial charge in [0.15, 0.2) is 0 Å². The Morgan fingerprint density at radius 2 is 2.00 bits per heavy atom. The van der Waals surface area contributed by atoms with Gasteiger partial charge in [0.1, 0.15) is 0 Å². The first-order chi connectivity index (χ1) is 10.9. The van der Waals surface area contributed by atoms with E-state index in [1.807, 2.05) is 0 Å². The molecule has 0 unspecified atom stereocenters. The molecular formula is C16H15ClN2O3S. The van der Waals surface area contributed by atoms with E-state index in [0.717, 1.165) is 11.3 Å². The molecule has 0 atom stereocenters. The fourth-order valence-electron chi connectivity index (χ4n) is 2.64. The molecule has 7 heteroatoms. The number of halogens is 1. The highest BCUT2D eigenvalue weighted by atomic mass is 35.5. The number of anilines is 2. The van der Waals surface area contributed by atoms with E-state index >= 15 is 0 Å². The summed E-state index contributed by atoms with van der Waals surface area (Å²) in [6, 6.07) is 11.3. The number of nitrogens with zero attached hydrogens (tertiary/aromatic N) is 1. The molecule has 2 aromatic rings. The molecule has 1 aliphatic heterocycles. The van der Waals surface area contributed by atoms with E-state index in [1.54, 1.807) is 41.3 Å². The summed E-state index contributed by atoms with van der Waals surface area (Å²) >= 11 is 5.87. The van der Waals surface area contributed by atoms with Crippen molar-refractivity contribution in [2.45, 2.75) is 18.2 Å². The molecule has 120 valence electrons. The van der Waals surface area contributed by atoms with E-state index in [-0.39, 0.29) is 10.8 Å². The van der Waals surface area contributed by atoms with Gasteiger partial charge in [0.25, 0.3) is 10.0 Å². The van der Waals surface area contributed by atoms with Crippen LogP contribution in [0.15, 0.2) is 47.4 Å². The monoisotopic (exact) mass is 350 g/mol. The summed E-state index contributed by atoms with van der Waals surface area (Å²) in [7, 11) is -3.70. The highest BCUT2D eigenvalue weighted by Crippen LogP contribution is 2.31. The van der Waals surface area contributed by atoms with Gasteiger partial charge < -0.3 is 4.90 Å². The van der Waals surface area contributed by atoms with Crippen molar-refractivity contribution in [2.24, 2.45) is 0 Å². The Bertz CT molecular complexity index is 881. The van der Waals surface area contributed by atoms with Crippen LogP contribution < -0.4 is 9.62 Å². The molecule has 1 heterocycles. The summed E-state index contributed by atoms with van der Waals surface area (Å²) in [5.41, 5.74) is 2.04. The third kappa shape index (κ3) is 3.18. The summed E-state index contributed by atoms with van der Waals surface area (Å²) in [4.78, 5) is 13.4. The lowest BCUT2D eigenvalue weighted by molar-refractivity contribution is -0.116. The van der Waals surface area contributed by atoms with Crippen LogP contribution in [0.2, 0.25) is 5.02 Å². The normalized spacial score (nSPS) is 13.7. The minimum atomic E-state index is -3.70. The second-order valence-corrected chi connectivity index (χ2v) is 7.45. The zero-order valence-electron chi connectivity index (χ0n) is 12.4. The van der Waals surface area contributed by atoms with Crippen LogP contribution in [0.5, 0.6) is 0 Å². The number of carbonyl (C=O) groups excluding carboxylic acids is 1. The number of benzene rings is 2. The summed E-state index contributed by atoms with van der Waals surface area (Å²) < 4.78 is 27.5. The fourth-order valence-corrected chi connectivity index (χ4v) is 3.93. The minimum Gasteiger partial charge on any atom is -0.312 e. The average molecular weight is 351 g/mol. The largest absolute Gasteiger partial charge is 0.312 e. The van der Waals surface area contributed by atoms with E-state index in [9.17, 15) is 13.2 Å². The van der Waals surface area contributed by atoms with Gasteiger partial charge in [0.05, 0.1) is 10.6 Å². The van der Waals surface area contributed by atoms with Gasteiger partial charge >= 0.3 is 0 Å². The van der Waals surface area contributed by atoms with Crippen LogP contribution in [0.25, 0.3) is 0 Å². The lowest BCUT2D eigenvalue weighted by Gasteiger charge is -2.15. The smallest absolute Gasteiger partial charge is 0.261 e. The zero-order valence-corrected chi connectivity index (χ0v) is 14.0. The van der Waals surface area contributed by atoms with Crippen LogP contribution in [0, 0.1) is 0 Å². The summed E-state index contributed by atoms with van der Waals surface area (Å²) in [6.45, 7) is 2.08. The predicted molar refractivity (Wildman–Crippen MR) is 90.4 cm³/mol. The average Bonchev–Trinajstić information content (AvgIpc) is 2.89. The first kappa shape index (κ1) is 15.8. The Kier molecular flexibility index (Phi) is 4.04. The number of hydrogen-bond acceptors (Lipinski definition) is 3. The number of carbonyl (C=O) groups is 1. The van der Waals surface area contributed by atoms with Gasteiger partial charge in [-0.05, 0) is 48.4 Å². The van der Waals surface area contributed by atoms with Gasteiger partial charge in [-0.3, -0.25) is 9.52 Å². The Balaban J connectivity index is 1.91. The Morgan fingerprint density at radius 3 is 2.70 bits per heavy atom. The second kappa shape index (κ2) is 5.86. The maximum absolute atomic E-state index is 12.5. The third-order valence-electron chi connectivity index (χ3n) is 3.71. The molecule has 1 N–H and O–H groups in total. The van der Waals surface area contributed by atoms with Crippen LogP contribution >= 0.6 is 11.6 Å². The Hall–Kier alpha value is -2.05. The van der Waals surface area contributed by atoms with E-state index in [2.05, 4.69) is 4.72 Å². The molecule has 0 aliphatic carbocycles. The molecule has 0 spiro atoms. The molecule has 5 nitrogen and oxygen atoms in total. The number of nitrogens with one attached hydrogen (secondary N) is 1. The van der Waals surface area contributed by atoms with E-state index in [0.29, 0.717) is 23.7 Å². The van der Waals surface area contributed by atoms with E-state index < -0.39 is 10.0 Å². The van der Waals surface area contributed by atoms with Crippen LogP contribution in [0.4, 0.5) is 11.4 Å². The van der Waals surface area contributed by atoms with Crippen molar-refractivity contribution >= 4 is 38.9 Å². The van der Waals surface area contributed by atoms with Crippen molar-refractivity contribution < 1.29 is 13.2 Å². The highest BCUT2D eigenvalue weighted by Gasteiger charge is 2.24. The summed E-state index contributed by atoms with van der Waals surface area (Å²) in [5.74, 6) is -0.0450. The lowest BCUT2D eigenvalue weighted by Crippen LogP contribution is -2.25. The van der Waals surface area contributed by atoms with Crippen molar-refractivity contribution in [3.05, 3.63) is 53.1 Å². The Labute approximate surface area is 139 Å². The van der Waals surface area contributed by atoms with Crippen LogP contribution in [-0.4, -0.2) is 20.9 Å². The summed E-state index contributed by atoms with van der Waals surface area (Å²) in [5, 5.41) is 0.455. The fraction of sp³-hybridized carbons (Fsp3) is 0.188. The minimum absolute atomic E-state index is 0.0450. The molecule has 2 aromatic carbocycles. The molecule has 0 fully saturated rings. The van der Waals surface area contributed by atoms with Crippen molar-refractivity contribution in [1.29, 1.82) is 0 Å². The van der Waals surface area contributed by atoms with Crippen molar-refractivity contribution in [1.82, 2.24) is 0 Å². The topological polar surface area (TPSA) is 66.5 Å². The Morgan fingerprint density at radius 1 is 1.22 bits per heavy atom. The molecule has 1 amide bonds.